The first-order chi connectivity index (χ1) is 10.1. The average molecular weight is 295 g/mol. The summed E-state index contributed by atoms with van der Waals surface area (Å²) in [6, 6.07) is 2.71. The van der Waals surface area contributed by atoms with Crippen LogP contribution in [-0.4, -0.2) is 37.6 Å². The number of amides is 1. The number of fused-ring (bicyclic) bond motifs is 1. The maximum absolute atomic E-state index is 11.8. The molecule has 1 heterocycles. The van der Waals surface area contributed by atoms with Gasteiger partial charge < -0.3 is 20.1 Å². The standard InChI is InChI=1S/C13H17N3O5/c1-14-4-2-3-13(17)15-9-7-11-12(21-6-5-20-11)8-10(9)16(18)19/h7-8,14H,2-6H2,1H3,(H,15,17). The highest BCUT2D eigenvalue weighted by molar-refractivity contribution is 5.93. The van der Waals surface area contributed by atoms with Crippen LogP contribution in [0.15, 0.2) is 12.1 Å². The van der Waals surface area contributed by atoms with Crippen LogP contribution < -0.4 is 20.1 Å². The van der Waals surface area contributed by atoms with Crippen molar-refractivity contribution in [3.8, 4) is 11.5 Å². The first kappa shape index (κ1) is 15.0. The fourth-order valence-electron chi connectivity index (χ4n) is 1.97. The molecule has 114 valence electrons. The topological polar surface area (TPSA) is 103 Å². The molecule has 0 saturated carbocycles. The van der Waals surface area contributed by atoms with Gasteiger partial charge in [-0.15, -0.1) is 0 Å². The van der Waals surface area contributed by atoms with Crippen molar-refractivity contribution in [3.05, 3.63) is 22.2 Å². The van der Waals surface area contributed by atoms with E-state index in [1.165, 1.54) is 12.1 Å². The number of rotatable bonds is 6. The highest BCUT2D eigenvalue weighted by Crippen LogP contribution is 2.39. The number of benzene rings is 1. The molecule has 1 aromatic rings. The predicted octanol–water partition coefficient (Wildman–Crippen LogP) is 1.30. The van der Waals surface area contributed by atoms with Crippen LogP contribution in [0.4, 0.5) is 11.4 Å². The van der Waals surface area contributed by atoms with Crippen molar-refractivity contribution in [3.63, 3.8) is 0 Å². The summed E-state index contributed by atoms with van der Waals surface area (Å²) < 4.78 is 10.7. The molecular weight excluding hydrogens is 278 g/mol. The lowest BCUT2D eigenvalue weighted by atomic mass is 10.2. The second-order valence-corrected chi connectivity index (χ2v) is 4.53. The summed E-state index contributed by atoms with van der Waals surface area (Å²) in [7, 11) is 1.80. The lowest BCUT2D eigenvalue weighted by molar-refractivity contribution is -0.384. The van der Waals surface area contributed by atoms with Gasteiger partial charge in [0.1, 0.15) is 18.9 Å². The van der Waals surface area contributed by atoms with Crippen LogP contribution >= 0.6 is 0 Å². The van der Waals surface area contributed by atoms with Gasteiger partial charge in [-0.3, -0.25) is 14.9 Å². The van der Waals surface area contributed by atoms with Gasteiger partial charge >= 0.3 is 0 Å². The number of hydrogen-bond donors (Lipinski definition) is 2. The molecule has 1 aromatic carbocycles. The first-order valence-electron chi connectivity index (χ1n) is 6.64. The molecule has 21 heavy (non-hydrogen) atoms. The maximum Gasteiger partial charge on any atom is 0.296 e. The molecule has 0 bridgehead atoms. The molecule has 0 aromatic heterocycles. The minimum atomic E-state index is -0.554. The van der Waals surface area contributed by atoms with Crippen LogP contribution in [0.5, 0.6) is 11.5 Å². The Morgan fingerprint density at radius 2 is 2.00 bits per heavy atom. The molecule has 0 atom stereocenters. The molecule has 2 N–H and O–H groups in total. The molecular formula is C13H17N3O5. The highest BCUT2D eigenvalue weighted by atomic mass is 16.6. The molecule has 1 aliphatic rings. The second kappa shape index (κ2) is 6.89. The van der Waals surface area contributed by atoms with E-state index >= 15 is 0 Å². The Kier molecular flexibility index (Phi) is 4.94. The van der Waals surface area contributed by atoms with Crippen LogP contribution in [0, 0.1) is 10.1 Å². The fourth-order valence-corrected chi connectivity index (χ4v) is 1.97. The van der Waals surface area contributed by atoms with E-state index in [1.54, 1.807) is 7.05 Å². The zero-order chi connectivity index (χ0) is 15.2. The summed E-state index contributed by atoms with van der Waals surface area (Å²) in [4.78, 5) is 22.3. The van der Waals surface area contributed by atoms with Crippen molar-refractivity contribution in [1.82, 2.24) is 5.32 Å². The van der Waals surface area contributed by atoms with E-state index in [9.17, 15) is 14.9 Å². The van der Waals surface area contributed by atoms with Gasteiger partial charge in [0.25, 0.3) is 5.69 Å². The predicted molar refractivity (Wildman–Crippen MR) is 75.9 cm³/mol. The molecule has 0 unspecified atom stereocenters. The van der Waals surface area contributed by atoms with E-state index in [1.807, 2.05) is 0 Å². The molecule has 0 fully saturated rings. The maximum atomic E-state index is 11.8. The van der Waals surface area contributed by atoms with Crippen LogP contribution in [0.1, 0.15) is 12.8 Å². The van der Waals surface area contributed by atoms with Gasteiger partial charge in [-0.2, -0.15) is 0 Å². The zero-order valence-electron chi connectivity index (χ0n) is 11.7. The van der Waals surface area contributed by atoms with Crippen molar-refractivity contribution >= 4 is 17.3 Å². The molecule has 1 amide bonds. The van der Waals surface area contributed by atoms with E-state index in [2.05, 4.69) is 10.6 Å². The van der Waals surface area contributed by atoms with E-state index in [0.717, 1.165) is 0 Å². The fraction of sp³-hybridized carbons (Fsp3) is 0.462. The van der Waals surface area contributed by atoms with Gasteiger partial charge in [0.15, 0.2) is 11.5 Å². The Hall–Kier alpha value is -2.35. The van der Waals surface area contributed by atoms with E-state index < -0.39 is 4.92 Å². The third-order valence-corrected chi connectivity index (χ3v) is 2.96. The third-order valence-electron chi connectivity index (χ3n) is 2.96. The smallest absolute Gasteiger partial charge is 0.296 e. The number of nitrogens with one attached hydrogen (secondary N) is 2. The SMILES string of the molecule is CNCCCC(=O)Nc1cc2c(cc1[N+](=O)[O-])OCCO2. The van der Waals surface area contributed by atoms with Gasteiger partial charge in [0.05, 0.1) is 11.0 Å². The van der Waals surface area contributed by atoms with E-state index in [4.69, 9.17) is 9.47 Å². The number of hydrogen-bond acceptors (Lipinski definition) is 6. The molecule has 8 nitrogen and oxygen atoms in total. The number of ether oxygens (including phenoxy) is 2. The van der Waals surface area contributed by atoms with Crippen molar-refractivity contribution in [1.29, 1.82) is 0 Å². The summed E-state index contributed by atoms with van der Waals surface area (Å²) in [6.07, 6.45) is 0.938. The molecule has 2 rings (SSSR count). The minimum absolute atomic E-state index is 0.124. The van der Waals surface area contributed by atoms with Crippen molar-refractivity contribution < 1.29 is 19.2 Å². The third kappa shape index (κ3) is 3.82. The first-order valence-corrected chi connectivity index (χ1v) is 6.64. The largest absolute Gasteiger partial charge is 0.486 e. The van der Waals surface area contributed by atoms with Gasteiger partial charge in [0, 0.05) is 12.5 Å². The summed E-state index contributed by atoms with van der Waals surface area (Å²) >= 11 is 0. The van der Waals surface area contributed by atoms with Crippen LogP contribution in [0.25, 0.3) is 0 Å². The number of carbonyl (C=O) groups is 1. The van der Waals surface area contributed by atoms with Gasteiger partial charge in [-0.05, 0) is 20.0 Å². The summed E-state index contributed by atoms with van der Waals surface area (Å²) in [5.74, 6) is 0.448. The van der Waals surface area contributed by atoms with Crippen molar-refractivity contribution in [2.45, 2.75) is 12.8 Å². The van der Waals surface area contributed by atoms with Crippen molar-refractivity contribution in [2.75, 3.05) is 32.1 Å². The van der Waals surface area contributed by atoms with E-state index in [-0.39, 0.29) is 23.7 Å². The molecule has 0 saturated heterocycles. The Morgan fingerprint density at radius 3 is 2.62 bits per heavy atom. The quantitative estimate of drug-likeness (QED) is 0.466. The lowest BCUT2D eigenvalue weighted by Gasteiger charge is -2.19. The number of anilines is 1. The molecule has 0 aliphatic carbocycles. The van der Waals surface area contributed by atoms with E-state index in [0.29, 0.717) is 37.7 Å². The zero-order valence-corrected chi connectivity index (χ0v) is 11.7. The summed E-state index contributed by atoms with van der Waals surface area (Å²) in [5.41, 5.74) is -0.0834. The normalized spacial score (nSPS) is 12.8. The summed E-state index contributed by atoms with van der Waals surface area (Å²) in [6.45, 7) is 1.43. The Bertz CT molecular complexity index is 547. The molecule has 1 aliphatic heterocycles. The lowest BCUT2D eigenvalue weighted by Crippen LogP contribution is -2.18. The van der Waals surface area contributed by atoms with Gasteiger partial charge in [0.2, 0.25) is 5.91 Å². The Balaban J connectivity index is 2.17. The molecule has 0 radical (unpaired) electrons. The van der Waals surface area contributed by atoms with Crippen LogP contribution in [0.3, 0.4) is 0 Å². The number of nitrogens with zero attached hydrogens (tertiary/aromatic N) is 1. The number of nitro benzene ring substituents is 1. The van der Waals surface area contributed by atoms with Gasteiger partial charge in [-0.25, -0.2) is 0 Å². The monoisotopic (exact) mass is 295 g/mol. The van der Waals surface area contributed by atoms with Crippen LogP contribution in [-0.2, 0) is 4.79 Å². The number of nitro groups is 1. The van der Waals surface area contributed by atoms with Gasteiger partial charge in [-0.1, -0.05) is 0 Å². The number of carbonyl (C=O) groups excluding carboxylic acids is 1. The Morgan fingerprint density at radius 1 is 1.33 bits per heavy atom. The average Bonchev–Trinajstić information content (AvgIpc) is 2.46. The molecule has 8 heteroatoms. The minimum Gasteiger partial charge on any atom is -0.486 e. The summed E-state index contributed by atoms with van der Waals surface area (Å²) in [5, 5.41) is 16.6. The molecule has 0 spiro atoms. The van der Waals surface area contributed by atoms with Crippen molar-refractivity contribution in [2.24, 2.45) is 0 Å². The highest BCUT2D eigenvalue weighted by Gasteiger charge is 2.23. The second-order valence-electron chi connectivity index (χ2n) is 4.53. The Labute approximate surface area is 121 Å². The van der Waals surface area contributed by atoms with Crippen LogP contribution in [0.2, 0.25) is 0 Å².